The maximum atomic E-state index is 12.6. The number of nitrogens with zero attached hydrogens (tertiary/aromatic N) is 2. The van der Waals surface area contributed by atoms with Gasteiger partial charge in [-0.25, -0.2) is 0 Å². The first-order chi connectivity index (χ1) is 10.6. The average Bonchev–Trinajstić information content (AvgIpc) is 3.19. The maximum Gasteiger partial charge on any atom is 0.265 e. The number of nitrogens with one attached hydrogen (secondary N) is 2. The summed E-state index contributed by atoms with van der Waals surface area (Å²) >= 11 is 1.56. The number of amides is 1. The van der Waals surface area contributed by atoms with Gasteiger partial charge in [-0.15, -0.1) is 11.3 Å². The lowest BCUT2D eigenvalue weighted by Crippen LogP contribution is -2.62. The summed E-state index contributed by atoms with van der Waals surface area (Å²) in [6.07, 6.45) is 6.30. The summed E-state index contributed by atoms with van der Waals surface area (Å²) < 4.78 is 0. The molecule has 0 unspecified atom stereocenters. The van der Waals surface area contributed by atoms with Crippen molar-refractivity contribution < 1.29 is 4.79 Å². The zero-order chi connectivity index (χ0) is 15.3. The molecule has 2 aromatic rings. The topological polar surface area (TPSA) is 61.0 Å². The molecule has 2 aromatic heterocycles. The van der Waals surface area contributed by atoms with Crippen molar-refractivity contribution in [1.29, 1.82) is 0 Å². The number of rotatable bonds is 2. The Kier molecular flexibility index (Phi) is 3.04. The van der Waals surface area contributed by atoms with Gasteiger partial charge in [0.2, 0.25) is 0 Å². The molecule has 2 aliphatic rings. The molecule has 3 heterocycles. The SMILES string of the molecule is CCN1c2cc(-c3cn[nH]c3C)sc2C(=O)NC12CCCC2. The van der Waals surface area contributed by atoms with Crippen LogP contribution in [0.2, 0.25) is 0 Å². The van der Waals surface area contributed by atoms with Crippen molar-refractivity contribution in [2.24, 2.45) is 0 Å². The van der Waals surface area contributed by atoms with E-state index in [1.54, 1.807) is 11.3 Å². The predicted octanol–water partition coefficient (Wildman–Crippen LogP) is 3.29. The van der Waals surface area contributed by atoms with Gasteiger partial charge in [0, 0.05) is 22.7 Å². The van der Waals surface area contributed by atoms with Crippen LogP contribution in [0, 0.1) is 6.92 Å². The molecule has 0 atom stereocenters. The molecular weight excluding hydrogens is 296 g/mol. The molecule has 0 aromatic carbocycles. The maximum absolute atomic E-state index is 12.6. The molecule has 1 saturated carbocycles. The Morgan fingerprint density at radius 2 is 2.18 bits per heavy atom. The third-order valence-electron chi connectivity index (χ3n) is 4.91. The lowest BCUT2D eigenvalue weighted by molar-refractivity contribution is 0.0887. The Morgan fingerprint density at radius 3 is 2.82 bits per heavy atom. The fraction of sp³-hybridized carbons (Fsp3) is 0.500. The molecule has 0 saturated heterocycles. The van der Waals surface area contributed by atoms with E-state index in [1.165, 1.54) is 12.8 Å². The number of anilines is 1. The quantitative estimate of drug-likeness (QED) is 0.894. The number of carbonyl (C=O) groups excluding carboxylic acids is 1. The Labute approximate surface area is 133 Å². The molecule has 1 aliphatic heterocycles. The highest BCUT2D eigenvalue weighted by Gasteiger charge is 2.46. The van der Waals surface area contributed by atoms with Crippen molar-refractivity contribution in [3.05, 3.63) is 22.8 Å². The van der Waals surface area contributed by atoms with Gasteiger partial charge in [0.15, 0.2) is 0 Å². The minimum Gasteiger partial charge on any atom is -0.348 e. The van der Waals surface area contributed by atoms with E-state index in [9.17, 15) is 4.79 Å². The minimum absolute atomic E-state index is 0.0824. The average molecular weight is 316 g/mol. The Morgan fingerprint density at radius 1 is 1.41 bits per heavy atom. The van der Waals surface area contributed by atoms with Gasteiger partial charge < -0.3 is 10.2 Å². The van der Waals surface area contributed by atoms with Crippen molar-refractivity contribution in [3.8, 4) is 10.4 Å². The standard InChI is InChI=1S/C16H20N4OS/c1-3-20-12-8-13(11-9-17-19-10(11)2)22-14(12)15(21)18-16(20)6-4-5-7-16/h8-9H,3-7H2,1-2H3,(H,17,19)(H,18,21). The van der Waals surface area contributed by atoms with E-state index in [1.807, 2.05) is 13.1 Å². The van der Waals surface area contributed by atoms with Gasteiger partial charge in [0.1, 0.15) is 10.5 Å². The number of thiophene rings is 1. The summed E-state index contributed by atoms with van der Waals surface area (Å²) in [6.45, 7) is 5.09. The molecule has 1 aliphatic carbocycles. The monoisotopic (exact) mass is 316 g/mol. The zero-order valence-electron chi connectivity index (χ0n) is 12.9. The minimum atomic E-state index is -0.164. The summed E-state index contributed by atoms with van der Waals surface area (Å²) in [6, 6.07) is 2.17. The number of aromatic nitrogens is 2. The molecule has 4 rings (SSSR count). The zero-order valence-corrected chi connectivity index (χ0v) is 13.7. The van der Waals surface area contributed by atoms with Crippen LogP contribution in [-0.2, 0) is 0 Å². The second kappa shape index (κ2) is 4.84. The molecule has 1 fully saturated rings. The highest BCUT2D eigenvalue weighted by atomic mass is 32.1. The number of hydrogen-bond donors (Lipinski definition) is 2. The molecule has 116 valence electrons. The summed E-state index contributed by atoms with van der Waals surface area (Å²) in [5, 5.41) is 10.4. The van der Waals surface area contributed by atoms with E-state index < -0.39 is 0 Å². The fourth-order valence-electron chi connectivity index (χ4n) is 3.87. The molecule has 1 amide bonds. The summed E-state index contributed by atoms with van der Waals surface area (Å²) in [4.78, 5) is 17.0. The van der Waals surface area contributed by atoms with E-state index >= 15 is 0 Å². The largest absolute Gasteiger partial charge is 0.348 e. The van der Waals surface area contributed by atoms with Crippen LogP contribution >= 0.6 is 11.3 Å². The third-order valence-corrected chi connectivity index (χ3v) is 6.07. The van der Waals surface area contributed by atoms with E-state index in [2.05, 4.69) is 33.4 Å². The first-order valence-corrected chi connectivity index (χ1v) is 8.70. The van der Waals surface area contributed by atoms with Gasteiger partial charge in [-0.3, -0.25) is 9.89 Å². The van der Waals surface area contributed by atoms with Crippen molar-refractivity contribution >= 4 is 22.9 Å². The second-order valence-corrected chi connectivity index (χ2v) is 7.22. The highest BCUT2D eigenvalue weighted by Crippen LogP contribution is 2.46. The van der Waals surface area contributed by atoms with Gasteiger partial charge in [-0.2, -0.15) is 5.10 Å². The first-order valence-electron chi connectivity index (χ1n) is 7.89. The molecule has 2 N–H and O–H groups in total. The van der Waals surface area contributed by atoms with Gasteiger partial charge in [0.25, 0.3) is 5.91 Å². The molecule has 22 heavy (non-hydrogen) atoms. The third kappa shape index (κ3) is 1.83. The number of fused-ring (bicyclic) bond motifs is 1. The van der Waals surface area contributed by atoms with Gasteiger partial charge in [0.05, 0.1) is 11.9 Å². The van der Waals surface area contributed by atoms with E-state index in [-0.39, 0.29) is 11.6 Å². The molecule has 5 nitrogen and oxygen atoms in total. The first kappa shape index (κ1) is 13.8. The van der Waals surface area contributed by atoms with E-state index in [4.69, 9.17) is 0 Å². The summed E-state index contributed by atoms with van der Waals surface area (Å²) in [5.74, 6) is 0.0824. The second-order valence-electron chi connectivity index (χ2n) is 6.17. The Bertz CT molecular complexity index is 726. The number of aromatic amines is 1. The van der Waals surface area contributed by atoms with Crippen LogP contribution in [0.3, 0.4) is 0 Å². The number of H-pyrrole nitrogens is 1. The van der Waals surface area contributed by atoms with Crippen LogP contribution in [0.5, 0.6) is 0 Å². The number of hydrogen-bond acceptors (Lipinski definition) is 4. The number of carbonyl (C=O) groups is 1. The van der Waals surface area contributed by atoms with Gasteiger partial charge in [-0.05, 0) is 45.6 Å². The van der Waals surface area contributed by atoms with Crippen LogP contribution in [0.25, 0.3) is 10.4 Å². The Hall–Kier alpha value is -1.82. The van der Waals surface area contributed by atoms with Crippen molar-refractivity contribution in [1.82, 2.24) is 15.5 Å². The number of aryl methyl sites for hydroxylation is 1. The van der Waals surface area contributed by atoms with Gasteiger partial charge >= 0.3 is 0 Å². The lowest BCUT2D eigenvalue weighted by atomic mass is 10.0. The molecule has 6 heteroatoms. The van der Waals surface area contributed by atoms with E-state index in [0.717, 1.165) is 46.1 Å². The highest BCUT2D eigenvalue weighted by molar-refractivity contribution is 7.18. The van der Waals surface area contributed by atoms with Crippen molar-refractivity contribution in [2.75, 3.05) is 11.4 Å². The molecule has 1 spiro atoms. The van der Waals surface area contributed by atoms with Crippen LogP contribution < -0.4 is 10.2 Å². The normalized spacial score (nSPS) is 19.5. The molecule has 0 radical (unpaired) electrons. The van der Waals surface area contributed by atoms with E-state index in [0.29, 0.717) is 0 Å². The Balaban J connectivity index is 1.83. The van der Waals surface area contributed by atoms with Crippen molar-refractivity contribution in [3.63, 3.8) is 0 Å². The lowest BCUT2D eigenvalue weighted by Gasteiger charge is -2.46. The molecule has 0 bridgehead atoms. The summed E-state index contributed by atoms with van der Waals surface area (Å²) in [7, 11) is 0. The fourth-order valence-corrected chi connectivity index (χ4v) is 4.99. The van der Waals surface area contributed by atoms with Crippen LogP contribution in [0.1, 0.15) is 48.0 Å². The van der Waals surface area contributed by atoms with Crippen molar-refractivity contribution in [2.45, 2.75) is 45.2 Å². The summed E-state index contributed by atoms with van der Waals surface area (Å²) in [5.41, 5.74) is 3.05. The van der Waals surface area contributed by atoms with Crippen LogP contribution in [0.15, 0.2) is 12.3 Å². The van der Waals surface area contributed by atoms with Crippen LogP contribution in [0.4, 0.5) is 5.69 Å². The predicted molar refractivity (Wildman–Crippen MR) is 88.3 cm³/mol. The van der Waals surface area contributed by atoms with Gasteiger partial charge in [-0.1, -0.05) is 0 Å². The smallest absolute Gasteiger partial charge is 0.265 e. The van der Waals surface area contributed by atoms with Crippen LogP contribution in [-0.4, -0.2) is 28.3 Å². The molecular formula is C16H20N4OS.